The minimum atomic E-state index is 0.389. The first-order valence-electron chi connectivity index (χ1n) is 3.86. The van der Waals surface area contributed by atoms with Crippen LogP contribution in [0.3, 0.4) is 0 Å². The fourth-order valence-electron chi connectivity index (χ4n) is 1.08. The van der Waals surface area contributed by atoms with E-state index < -0.39 is 0 Å². The van der Waals surface area contributed by atoms with Gasteiger partial charge in [-0.2, -0.15) is 5.26 Å². The molecular weight excluding hydrogens is 138 g/mol. The van der Waals surface area contributed by atoms with E-state index in [1.165, 1.54) is 6.08 Å². The van der Waals surface area contributed by atoms with Crippen LogP contribution in [-0.2, 0) is 0 Å². The molecule has 3 nitrogen and oxygen atoms in total. The summed E-state index contributed by atoms with van der Waals surface area (Å²) in [7, 11) is 0. The molecule has 0 heterocycles. The summed E-state index contributed by atoms with van der Waals surface area (Å²) in [5, 5.41) is 8.39. The minimum absolute atomic E-state index is 0.389. The summed E-state index contributed by atoms with van der Waals surface area (Å²) in [6, 6.07) is 1.96. The van der Waals surface area contributed by atoms with Gasteiger partial charge in [0.15, 0.2) is 0 Å². The molecule has 0 fully saturated rings. The second-order valence-electron chi connectivity index (χ2n) is 2.39. The van der Waals surface area contributed by atoms with Gasteiger partial charge in [-0.05, 0) is 12.8 Å². The lowest BCUT2D eigenvalue weighted by atomic mass is 9.99. The zero-order chi connectivity index (χ0) is 8.69. The first-order chi connectivity index (χ1) is 5.29. The SMILES string of the molecule is CCC(CC)/C(=C/C#N)NN. The molecule has 0 aliphatic rings. The molecule has 0 aromatic carbocycles. The first kappa shape index (κ1) is 9.99. The second kappa shape index (κ2) is 5.75. The second-order valence-corrected chi connectivity index (χ2v) is 2.39. The summed E-state index contributed by atoms with van der Waals surface area (Å²) in [5.74, 6) is 5.63. The molecule has 0 atom stereocenters. The summed E-state index contributed by atoms with van der Waals surface area (Å²) in [4.78, 5) is 0. The Balaban J connectivity index is 4.24. The Morgan fingerprint density at radius 3 is 2.45 bits per heavy atom. The van der Waals surface area contributed by atoms with Gasteiger partial charge in [-0.3, -0.25) is 5.84 Å². The van der Waals surface area contributed by atoms with Gasteiger partial charge in [-0.1, -0.05) is 13.8 Å². The predicted octanol–water partition coefficient (Wildman–Crippen LogP) is 1.29. The molecule has 0 aromatic heterocycles. The quantitative estimate of drug-likeness (QED) is 0.363. The highest BCUT2D eigenvalue weighted by Crippen LogP contribution is 2.14. The molecular formula is C8H15N3. The molecule has 0 saturated heterocycles. The minimum Gasteiger partial charge on any atom is -0.327 e. The Bertz CT molecular complexity index is 163. The monoisotopic (exact) mass is 153 g/mol. The van der Waals surface area contributed by atoms with Crippen LogP contribution in [-0.4, -0.2) is 0 Å². The van der Waals surface area contributed by atoms with Crippen molar-refractivity contribution < 1.29 is 0 Å². The van der Waals surface area contributed by atoms with Gasteiger partial charge in [0, 0.05) is 17.7 Å². The van der Waals surface area contributed by atoms with Gasteiger partial charge >= 0.3 is 0 Å². The largest absolute Gasteiger partial charge is 0.327 e. The van der Waals surface area contributed by atoms with Crippen LogP contribution in [0.5, 0.6) is 0 Å². The Morgan fingerprint density at radius 1 is 1.64 bits per heavy atom. The normalized spacial score (nSPS) is 11.4. The Kier molecular flexibility index (Phi) is 5.22. The van der Waals surface area contributed by atoms with Crippen molar-refractivity contribution in [2.75, 3.05) is 0 Å². The van der Waals surface area contributed by atoms with E-state index in [0.717, 1.165) is 18.5 Å². The van der Waals surface area contributed by atoms with Gasteiger partial charge in [-0.15, -0.1) is 0 Å². The highest BCUT2D eigenvalue weighted by molar-refractivity contribution is 5.13. The molecule has 0 spiro atoms. The molecule has 0 rings (SSSR count). The summed E-state index contributed by atoms with van der Waals surface area (Å²) in [5.41, 5.74) is 3.37. The fraction of sp³-hybridized carbons (Fsp3) is 0.625. The predicted molar refractivity (Wildman–Crippen MR) is 45.1 cm³/mol. The summed E-state index contributed by atoms with van der Waals surface area (Å²) in [6.07, 6.45) is 3.49. The van der Waals surface area contributed by atoms with Crippen LogP contribution in [0.25, 0.3) is 0 Å². The van der Waals surface area contributed by atoms with Gasteiger partial charge in [0.05, 0.1) is 6.07 Å². The number of nitrogens with zero attached hydrogens (tertiary/aromatic N) is 1. The zero-order valence-electron chi connectivity index (χ0n) is 7.09. The van der Waals surface area contributed by atoms with Crippen molar-refractivity contribution in [3.8, 4) is 6.07 Å². The maximum atomic E-state index is 8.39. The smallest absolute Gasteiger partial charge is 0.0930 e. The van der Waals surface area contributed by atoms with Crippen molar-refractivity contribution >= 4 is 0 Å². The van der Waals surface area contributed by atoms with Crippen LogP contribution < -0.4 is 11.3 Å². The number of allylic oxidation sites excluding steroid dienone is 2. The van der Waals surface area contributed by atoms with Crippen molar-refractivity contribution in [3.63, 3.8) is 0 Å². The summed E-state index contributed by atoms with van der Waals surface area (Å²) >= 11 is 0. The van der Waals surface area contributed by atoms with Crippen LogP contribution in [0.1, 0.15) is 26.7 Å². The molecule has 0 aliphatic heterocycles. The molecule has 0 bridgehead atoms. The Labute approximate surface area is 67.9 Å². The standard InChI is InChI=1S/C8H15N3/c1-3-7(4-2)8(11-10)5-6-9/h5,7,11H,3-4,10H2,1-2H3/b8-5-. The Morgan fingerprint density at radius 2 is 2.18 bits per heavy atom. The summed E-state index contributed by atoms with van der Waals surface area (Å²) < 4.78 is 0. The van der Waals surface area contributed by atoms with Gasteiger partial charge in [0.25, 0.3) is 0 Å². The van der Waals surface area contributed by atoms with Crippen molar-refractivity contribution in [3.05, 3.63) is 11.8 Å². The molecule has 0 amide bonds. The third-order valence-electron chi connectivity index (χ3n) is 1.81. The van der Waals surface area contributed by atoms with E-state index in [4.69, 9.17) is 11.1 Å². The molecule has 11 heavy (non-hydrogen) atoms. The number of hydrogen-bond donors (Lipinski definition) is 2. The van der Waals surface area contributed by atoms with Gasteiger partial charge < -0.3 is 5.43 Å². The number of hydrazine groups is 1. The van der Waals surface area contributed by atoms with E-state index >= 15 is 0 Å². The van der Waals surface area contributed by atoms with Gasteiger partial charge in [0.1, 0.15) is 0 Å². The molecule has 0 aliphatic carbocycles. The Hall–Kier alpha value is -1.01. The van der Waals surface area contributed by atoms with E-state index in [2.05, 4.69) is 19.3 Å². The number of nitriles is 1. The topological polar surface area (TPSA) is 61.8 Å². The van der Waals surface area contributed by atoms with Gasteiger partial charge in [-0.25, -0.2) is 0 Å². The molecule has 0 saturated carbocycles. The highest BCUT2D eigenvalue weighted by Gasteiger charge is 2.07. The highest BCUT2D eigenvalue weighted by atomic mass is 15.2. The van der Waals surface area contributed by atoms with Crippen molar-refractivity contribution in [2.24, 2.45) is 11.8 Å². The zero-order valence-corrected chi connectivity index (χ0v) is 7.09. The third-order valence-corrected chi connectivity index (χ3v) is 1.81. The molecule has 3 heteroatoms. The number of nitrogens with two attached hydrogens (primary N) is 1. The lowest BCUT2D eigenvalue weighted by Gasteiger charge is -2.14. The number of nitrogens with one attached hydrogen (secondary N) is 1. The maximum absolute atomic E-state index is 8.39. The summed E-state index contributed by atoms with van der Waals surface area (Å²) in [6.45, 7) is 4.16. The van der Waals surface area contributed by atoms with Crippen LogP contribution in [0.2, 0.25) is 0 Å². The lowest BCUT2D eigenvalue weighted by molar-refractivity contribution is 0.531. The van der Waals surface area contributed by atoms with Crippen LogP contribution in [0.4, 0.5) is 0 Å². The van der Waals surface area contributed by atoms with Crippen molar-refractivity contribution in [1.29, 1.82) is 5.26 Å². The van der Waals surface area contributed by atoms with E-state index in [0.29, 0.717) is 5.92 Å². The van der Waals surface area contributed by atoms with Gasteiger partial charge in [0.2, 0.25) is 0 Å². The average molecular weight is 153 g/mol. The third kappa shape index (κ3) is 3.06. The van der Waals surface area contributed by atoms with Crippen LogP contribution in [0.15, 0.2) is 11.8 Å². The van der Waals surface area contributed by atoms with Crippen molar-refractivity contribution in [2.45, 2.75) is 26.7 Å². The molecule has 62 valence electrons. The maximum Gasteiger partial charge on any atom is 0.0930 e. The van der Waals surface area contributed by atoms with E-state index in [-0.39, 0.29) is 0 Å². The first-order valence-corrected chi connectivity index (χ1v) is 3.86. The molecule has 0 unspecified atom stereocenters. The van der Waals surface area contributed by atoms with E-state index in [1.54, 1.807) is 0 Å². The number of rotatable bonds is 4. The molecule has 0 radical (unpaired) electrons. The van der Waals surface area contributed by atoms with Crippen molar-refractivity contribution in [1.82, 2.24) is 5.43 Å². The lowest BCUT2D eigenvalue weighted by Crippen LogP contribution is -2.26. The van der Waals surface area contributed by atoms with Crippen LogP contribution in [0, 0.1) is 17.2 Å². The number of hydrogen-bond acceptors (Lipinski definition) is 3. The molecule has 3 N–H and O–H groups in total. The van der Waals surface area contributed by atoms with Crippen LogP contribution >= 0.6 is 0 Å². The van der Waals surface area contributed by atoms with E-state index in [1.807, 2.05) is 6.07 Å². The van der Waals surface area contributed by atoms with E-state index in [9.17, 15) is 0 Å². The fourth-order valence-corrected chi connectivity index (χ4v) is 1.08. The average Bonchev–Trinajstić information content (AvgIpc) is 2.05. The molecule has 0 aromatic rings.